The van der Waals surface area contributed by atoms with E-state index in [0.717, 1.165) is 10.6 Å². The summed E-state index contributed by atoms with van der Waals surface area (Å²) in [6, 6.07) is 14.9. The van der Waals surface area contributed by atoms with Crippen LogP contribution >= 0.6 is 12.2 Å². The van der Waals surface area contributed by atoms with Gasteiger partial charge in [-0.15, -0.1) is 0 Å². The number of fused-ring (bicyclic) bond motifs is 1. The van der Waals surface area contributed by atoms with Crippen LogP contribution in [0.5, 0.6) is 0 Å². The topological polar surface area (TPSA) is 12.0 Å². The lowest BCUT2D eigenvalue weighted by atomic mass is 10.0. The Kier molecular flexibility index (Phi) is 3.20. The third-order valence-electron chi connectivity index (χ3n) is 2.45. The molecule has 0 radical (unpaired) electrons. The van der Waals surface area contributed by atoms with E-state index in [-0.39, 0.29) is 0 Å². The van der Waals surface area contributed by atoms with E-state index in [0.29, 0.717) is 6.04 Å². The van der Waals surface area contributed by atoms with Crippen molar-refractivity contribution in [2.75, 3.05) is 0 Å². The van der Waals surface area contributed by atoms with Crippen LogP contribution in [0.25, 0.3) is 10.8 Å². The second kappa shape index (κ2) is 4.62. The van der Waals surface area contributed by atoms with Crippen LogP contribution in [0.3, 0.4) is 0 Å². The molecule has 0 spiro atoms. The molecule has 2 rings (SSSR count). The summed E-state index contributed by atoms with van der Waals surface area (Å²) in [4.78, 5) is 0.826. The summed E-state index contributed by atoms with van der Waals surface area (Å²) in [5.41, 5.74) is 1.11. The number of thiocarbonyl (C=S) groups is 1. The molecule has 0 saturated heterocycles. The lowest BCUT2D eigenvalue weighted by Crippen LogP contribution is -2.29. The maximum Gasteiger partial charge on any atom is 0.107 e. The molecule has 16 heavy (non-hydrogen) atoms. The Labute approximate surface area is 101 Å². The Morgan fingerprint density at radius 1 is 1.06 bits per heavy atom. The fourth-order valence-corrected chi connectivity index (χ4v) is 2.18. The fraction of sp³-hybridized carbons (Fsp3) is 0.214. The van der Waals surface area contributed by atoms with Gasteiger partial charge in [-0.25, -0.2) is 0 Å². The molecule has 0 aliphatic carbocycles. The van der Waals surface area contributed by atoms with Gasteiger partial charge in [-0.3, -0.25) is 0 Å². The Morgan fingerprint density at radius 3 is 2.50 bits per heavy atom. The number of hydrogen-bond donors (Lipinski definition) is 1. The summed E-state index contributed by atoms with van der Waals surface area (Å²) >= 11 is 5.41. The zero-order valence-corrected chi connectivity index (χ0v) is 10.3. The Balaban J connectivity index is 2.48. The number of rotatable bonds is 2. The minimum Gasteiger partial charge on any atom is -0.374 e. The molecule has 0 saturated carbocycles. The van der Waals surface area contributed by atoms with Gasteiger partial charge in [0.15, 0.2) is 0 Å². The highest BCUT2D eigenvalue weighted by molar-refractivity contribution is 7.80. The minimum absolute atomic E-state index is 0.367. The van der Waals surface area contributed by atoms with Crippen LogP contribution in [0.1, 0.15) is 19.4 Å². The average Bonchev–Trinajstić information content (AvgIpc) is 2.27. The van der Waals surface area contributed by atoms with Gasteiger partial charge in [-0.1, -0.05) is 54.7 Å². The van der Waals surface area contributed by atoms with E-state index >= 15 is 0 Å². The molecule has 0 aliphatic heterocycles. The molecule has 2 aromatic carbocycles. The van der Waals surface area contributed by atoms with E-state index in [1.807, 2.05) is 18.2 Å². The van der Waals surface area contributed by atoms with E-state index in [9.17, 15) is 0 Å². The van der Waals surface area contributed by atoms with Crippen molar-refractivity contribution in [3.63, 3.8) is 0 Å². The third kappa shape index (κ3) is 2.22. The molecule has 1 nitrogen and oxygen atoms in total. The predicted molar refractivity (Wildman–Crippen MR) is 73.9 cm³/mol. The van der Waals surface area contributed by atoms with Crippen LogP contribution < -0.4 is 5.32 Å². The Bertz CT molecular complexity index is 512. The summed E-state index contributed by atoms with van der Waals surface area (Å²) in [5, 5.41) is 5.72. The van der Waals surface area contributed by atoms with Crippen molar-refractivity contribution in [3.05, 3.63) is 48.0 Å². The Morgan fingerprint density at radius 2 is 1.75 bits per heavy atom. The molecule has 0 heterocycles. The first-order chi connectivity index (χ1) is 7.68. The molecule has 2 heteroatoms. The molecule has 1 N–H and O–H groups in total. The van der Waals surface area contributed by atoms with Crippen molar-refractivity contribution in [3.8, 4) is 0 Å². The second-order valence-corrected chi connectivity index (χ2v) is 4.56. The number of hydrogen-bond acceptors (Lipinski definition) is 1. The van der Waals surface area contributed by atoms with Crippen molar-refractivity contribution in [1.82, 2.24) is 5.32 Å². The van der Waals surface area contributed by atoms with Crippen LogP contribution in [-0.4, -0.2) is 11.0 Å². The van der Waals surface area contributed by atoms with Crippen LogP contribution in [0.2, 0.25) is 0 Å². The Hall–Kier alpha value is -1.41. The van der Waals surface area contributed by atoms with Crippen molar-refractivity contribution in [1.29, 1.82) is 0 Å². The lowest BCUT2D eigenvalue weighted by Gasteiger charge is -2.13. The SMILES string of the molecule is CC(C)NC(=S)c1cccc2ccccc12. The molecule has 0 aliphatic rings. The highest BCUT2D eigenvalue weighted by Gasteiger charge is 2.06. The van der Waals surface area contributed by atoms with Crippen molar-refractivity contribution >= 4 is 28.0 Å². The molecule has 0 fully saturated rings. The highest BCUT2D eigenvalue weighted by atomic mass is 32.1. The first-order valence-electron chi connectivity index (χ1n) is 5.47. The zero-order chi connectivity index (χ0) is 11.5. The first-order valence-corrected chi connectivity index (χ1v) is 5.88. The fourth-order valence-electron chi connectivity index (χ4n) is 1.76. The van der Waals surface area contributed by atoms with E-state index in [4.69, 9.17) is 12.2 Å². The van der Waals surface area contributed by atoms with Gasteiger partial charge >= 0.3 is 0 Å². The van der Waals surface area contributed by atoms with Gasteiger partial charge in [-0.05, 0) is 24.6 Å². The standard InChI is InChI=1S/C14H15NS/c1-10(2)15-14(16)13-9-5-7-11-6-3-4-8-12(11)13/h3-10H,1-2H3,(H,15,16). The molecule has 0 unspecified atom stereocenters. The van der Waals surface area contributed by atoms with Crippen molar-refractivity contribution < 1.29 is 0 Å². The average molecular weight is 229 g/mol. The molecule has 82 valence electrons. The number of nitrogens with one attached hydrogen (secondary N) is 1. The summed E-state index contributed by atoms with van der Waals surface area (Å²) in [7, 11) is 0. The molecule has 2 aromatic rings. The summed E-state index contributed by atoms with van der Waals surface area (Å²) in [5.74, 6) is 0. The molecule has 0 bridgehead atoms. The maximum absolute atomic E-state index is 5.41. The van der Waals surface area contributed by atoms with Crippen LogP contribution in [0.4, 0.5) is 0 Å². The number of benzene rings is 2. The zero-order valence-electron chi connectivity index (χ0n) is 9.53. The van der Waals surface area contributed by atoms with Gasteiger partial charge in [0, 0.05) is 11.6 Å². The largest absolute Gasteiger partial charge is 0.374 e. The highest BCUT2D eigenvalue weighted by Crippen LogP contribution is 2.18. The van der Waals surface area contributed by atoms with Gasteiger partial charge in [-0.2, -0.15) is 0 Å². The monoisotopic (exact) mass is 229 g/mol. The molecular weight excluding hydrogens is 214 g/mol. The van der Waals surface area contributed by atoms with E-state index in [1.165, 1.54) is 10.8 Å². The normalized spacial score (nSPS) is 10.7. The quantitative estimate of drug-likeness (QED) is 0.791. The minimum atomic E-state index is 0.367. The van der Waals surface area contributed by atoms with E-state index < -0.39 is 0 Å². The van der Waals surface area contributed by atoms with Crippen molar-refractivity contribution in [2.45, 2.75) is 19.9 Å². The van der Waals surface area contributed by atoms with Crippen molar-refractivity contribution in [2.24, 2.45) is 0 Å². The molecule has 0 atom stereocenters. The summed E-state index contributed by atoms with van der Waals surface area (Å²) < 4.78 is 0. The summed E-state index contributed by atoms with van der Waals surface area (Å²) in [6.45, 7) is 4.19. The van der Waals surface area contributed by atoms with E-state index in [1.54, 1.807) is 0 Å². The molecular formula is C14H15NS. The van der Waals surface area contributed by atoms with Gasteiger partial charge in [0.25, 0.3) is 0 Å². The van der Waals surface area contributed by atoms with Gasteiger partial charge < -0.3 is 5.32 Å². The first kappa shape index (κ1) is 11.1. The lowest BCUT2D eigenvalue weighted by molar-refractivity contribution is 0.741. The van der Waals surface area contributed by atoms with Gasteiger partial charge in [0.1, 0.15) is 4.99 Å². The second-order valence-electron chi connectivity index (χ2n) is 4.15. The molecule has 0 aromatic heterocycles. The smallest absolute Gasteiger partial charge is 0.107 e. The summed E-state index contributed by atoms with van der Waals surface area (Å²) in [6.07, 6.45) is 0. The third-order valence-corrected chi connectivity index (χ3v) is 2.79. The van der Waals surface area contributed by atoms with Crippen LogP contribution in [0, 0.1) is 0 Å². The molecule has 0 amide bonds. The van der Waals surface area contributed by atoms with Gasteiger partial charge in [0.05, 0.1) is 0 Å². The van der Waals surface area contributed by atoms with E-state index in [2.05, 4.69) is 43.4 Å². The maximum atomic E-state index is 5.41. The van der Waals surface area contributed by atoms with Crippen LogP contribution in [0.15, 0.2) is 42.5 Å². The van der Waals surface area contributed by atoms with Crippen LogP contribution in [-0.2, 0) is 0 Å². The predicted octanol–water partition coefficient (Wildman–Crippen LogP) is 3.51. The van der Waals surface area contributed by atoms with Gasteiger partial charge in [0.2, 0.25) is 0 Å².